The number of para-hydroxylation sites is 1. The fourth-order valence-electron chi connectivity index (χ4n) is 2.22. The Labute approximate surface area is 126 Å². The van der Waals surface area contributed by atoms with Crippen molar-refractivity contribution in [3.05, 3.63) is 65.7 Å². The van der Waals surface area contributed by atoms with Crippen molar-refractivity contribution in [3.63, 3.8) is 0 Å². The Morgan fingerprint density at radius 1 is 1.05 bits per heavy atom. The first-order chi connectivity index (χ1) is 10.3. The van der Waals surface area contributed by atoms with Crippen molar-refractivity contribution in [1.29, 1.82) is 0 Å². The van der Waals surface area contributed by atoms with E-state index in [2.05, 4.69) is 52.5 Å². The number of anilines is 1. The number of nitrogens with one attached hydrogen (secondary N) is 1. The number of esters is 1. The second kappa shape index (κ2) is 8.10. The normalized spacial score (nSPS) is 10.1. The molecule has 1 N–H and O–H groups in total. The smallest absolute Gasteiger partial charge is 0.305 e. The summed E-state index contributed by atoms with van der Waals surface area (Å²) in [6.07, 6.45) is 2.12. The Morgan fingerprint density at radius 3 is 2.52 bits per heavy atom. The number of methoxy groups -OCH3 is 1. The van der Waals surface area contributed by atoms with Crippen molar-refractivity contribution in [2.24, 2.45) is 0 Å². The van der Waals surface area contributed by atoms with Crippen LogP contribution in [-0.4, -0.2) is 19.6 Å². The Hall–Kier alpha value is -2.29. The van der Waals surface area contributed by atoms with E-state index in [1.54, 1.807) is 0 Å². The molecule has 0 amide bonds. The van der Waals surface area contributed by atoms with E-state index in [0.29, 0.717) is 6.42 Å². The van der Waals surface area contributed by atoms with Gasteiger partial charge in [-0.3, -0.25) is 4.79 Å². The van der Waals surface area contributed by atoms with Gasteiger partial charge in [-0.2, -0.15) is 0 Å². The summed E-state index contributed by atoms with van der Waals surface area (Å²) in [6, 6.07) is 18.7. The molecule has 2 rings (SSSR count). The van der Waals surface area contributed by atoms with Crippen molar-refractivity contribution < 1.29 is 9.53 Å². The molecule has 21 heavy (non-hydrogen) atoms. The predicted octanol–water partition coefficient (Wildman–Crippen LogP) is 3.64. The first-order valence-corrected chi connectivity index (χ1v) is 7.22. The monoisotopic (exact) mass is 283 g/mol. The highest BCUT2D eigenvalue weighted by Gasteiger charge is 2.03. The number of hydrogen-bond acceptors (Lipinski definition) is 3. The fourth-order valence-corrected chi connectivity index (χ4v) is 2.22. The molecule has 0 spiro atoms. The minimum atomic E-state index is -0.158. The maximum absolute atomic E-state index is 11.1. The van der Waals surface area contributed by atoms with Crippen LogP contribution in [0.15, 0.2) is 54.6 Å². The summed E-state index contributed by atoms with van der Waals surface area (Å²) >= 11 is 0. The van der Waals surface area contributed by atoms with Gasteiger partial charge < -0.3 is 10.1 Å². The molecule has 2 aromatic rings. The van der Waals surface area contributed by atoms with E-state index in [-0.39, 0.29) is 5.97 Å². The molecule has 0 aliphatic rings. The molecular formula is C18H21NO2. The third-order valence-electron chi connectivity index (χ3n) is 3.36. The van der Waals surface area contributed by atoms with E-state index in [1.807, 2.05) is 12.1 Å². The Morgan fingerprint density at radius 2 is 1.76 bits per heavy atom. The highest BCUT2D eigenvalue weighted by molar-refractivity contribution is 5.69. The lowest BCUT2D eigenvalue weighted by atomic mass is 10.0. The molecule has 0 radical (unpaired) electrons. The minimum absolute atomic E-state index is 0.158. The molecular weight excluding hydrogens is 262 g/mol. The maximum Gasteiger partial charge on any atom is 0.305 e. The van der Waals surface area contributed by atoms with Crippen LogP contribution < -0.4 is 5.32 Å². The van der Waals surface area contributed by atoms with Crippen LogP contribution in [0.2, 0.25) is 0 Å². The summed E-state index contributed by atoms with van der Waals surface area (Å²) in [7, 11) is 1.42. The molecule has 0 saturated carbocycles. The number of ether oxygens (including phenoxy) is 1. The van der Waals surface area contributed by atoms with Gasteiger partial charge in [0.15, 0.2) is 0 Å². The summed E-state index contributed by atoms with van der Waals surface area (Å²) in [4.78, 5) is 11.1. The Balaban J connectivity index is 1.92. The van der Waals surface area contributed by atoms with Gasteiger partial charge in [0.05, 0.1) is 7.11 Å². The summed E-state index contributed by atoms with van der Waals surface area (Å²) in [5, 5.41) is 3.41. The molecule has 0 unspecified atom stereocenters. The highest BCUT2D eigenvalue weighted by atomic mass is 16.5. The Kier molecular flexibility index (Phi) is 5.83. The first kappa shape index (κ1) is 15.1. The molecule has 0 saturated heterocycles. The number of benzene rings is 2. The molecule has 0 aliphatic carbocycles. The fraction of sp³-hybridized carbons (Fsp3) is 0.278. The van der Waals surface area contributed by atoms with Gasteiger partial charge in [-0.05, 0) is 30.0 Å². The van der Waals surface area contributed by atoms with E-state index in [0.717, 1.165) is 25.1 Å². The number of hydrogen-bond donors (Lipinski definition) is 1. The van der Waals surface area contributed by atoms with E-state index in [4.69, 9.17) is 0 Å². The van der Waals surface area contributed by atoms with Crippen LogP contribution >= 0.6 is 0 Å². The van der Waals surface area contributed by atoms with Gasteiger partial charge in [0, 0.05) is 18.7 Å². The molecule has 3 heteroatoms. The van der Waals surface area contributed by atoms with E-state index in [1.165, 1.54) is 18.2 Å². The van der Waals surface area contributed by atoms with Crippen LogP contribution in [0, 0.1) is 0 Å². The SMILES string of the molecule is COC(=O)CCCNc1ccccc1Cc1ccccc1. The van der Waals surface area contributed by atoms with Gasteiger partial charge in [0.25, 0.3) is 0 Å². The first-order valence-electron chi connectivity index (χ1n) is 7.22. The van der Waals surface area contributed by atoms with Gasteiger partial charge in [-0.25, -0.2) is 0 Å². The van der Waals surface area contributed by atoms with Gasteiger partial charge in [-0.1, -0.05) is 48.5 Å². The molecule has 110 valence electrons. The van der Waals surface area contributed by atoms with Gasteiger partial charge >= 0.3 is 5.97 Å². The minimum Gasteiger partial charge on any atom is -0.469 e. The molecule has 0 aromatic heterocycles. The van der Waals surface area contributed by atoms with E-state index in [9.17, 15) is 4.79 Å². The van der Waals surface area contributed by atoms with Crippen molar-refractivity contribution >= 4 is 11.7 Å². The average molecular weight is 283 g/mol. The second-order valence-corrected chi connectivity index (χ2v) is 4.93. The second-order valence-electron chi connectivity index (χ2n) is 4.93. The van der Waals surface area contributed by atoms with Crippen LogP contribution in [0.4, 0.5) is 5.69 Å². The molecule has 2 aromatic carbocycles. The molecule has 0 atom stereocenters. The highest BCUT2D eigenvalue weighted by Crippen LogP contribution is 2.19. The van der Waals surface area contributed by atoms with Gasteiger partial charge in [-0.15, -0.1) is 0 Å². The number of carbonyl (C=O) groups excluding carboxylic acids is 1. The average Bonchev–Trinajstić information content (AvgIpc) is 2.53. The zero-order valence-corrected chi connectivity index (χ0v) is 12.3. The largest absolute Gasteiger partial charge is 0.469 e. The lowest BCUT2D eigenvalue weighted by molar-refractivity contribution is -0.140. The number of rotatable bonds is 7. The van der Waals surface area contributed by atoms with Crippen LogP contribution in [0.1, 0.15) is 24.0 Å². The van der Waals surface area contributed by atoms with Crippen molar-refractivity contribution in [1.82, 2.24) is 0 Å². The standard InChI is InChI=1S/C18H21NO2/c1-21-18(20)12-7-13-19-17-11-6-5-10-16(17)14-15-8-3-2-4-9-15/h2-6,8-11,19H,7,12-14H2,1H3. The summed E-state index contributed by atoms with van der Waals surface area (Å²) < 4.78 is 4.64. The molecule has 0 fully saturated rings. The van der Waals surface area contributed by atoms with Gasteiger partial charge in [0.1, 0.15) is 0 Å². The summed E-state index contributed by atoms with van der Waals surface area (Å²) in [6.45, 7) is 0.765. The predicted molar refractivity (Wildman–Crippen MR) is 85.4 cm³/mol. The third kappa shape index (κ3) is 4.95. The van der Waals surface area contributed by atoms with Crippen LogP contribution in [-0.2, 0) is 16.0 Å². The third-order valence-corrected chi connectivity index (χ3v) is 3.36. The zero-order chi connectivity index (χ0) is 14.9. The zero-order valence-electron chi connectivity index (χ0n) is 12.3. The van der Waals surface area contributed by atoms with E-state index < -0.39 is 0 Å². The molecule has 0 heterocycles. The molecule has 0 bridgehead atoms. The van der Waals surface area contributed by atoms with Crippen molar-refractivity contribution in [3.8, 4) is 0 Å². The topological polar surface area (TPSA) is 38.3 Å². The lowest BCUT2D eigenvalue weighted by Crippen LogP contribution is -2.08. The van der Waals surface area contributed by atoms with Crippen molar-refractivity contribution in [2.75, 3.05) is 19.0 Å². The summed E-state index contributed by atoms with van der Waals surface area (Å²) in [5.41, 5.74) is 3.69. The van der Waals surface area contributed by atoms with Crippen molar-refractivity contribution in [2.45, 2.75) is 19.3 Å². The van der Waals surface area contributed by atoms with Crippen LogP contribution in [0.3, 0.4) is 0 Å². The molecule has 3 nitrogen and oxygen atoms in total. The van der Waals surface area contributed by atoms with Crippen LogP contribution in [0.25, 0.3) is 0 Å². The van der Waals surface area contributed by atoms with Gasteiger partial charge in [0.2, 0.25) is 0 Å². The summed E-state index contributed by atoms with van der Waals surface area (Å²) in [5.74, 6) is -0.158. The molecule has 0 aliphatic heterocycles. The van der Waals surface area contributed by atoms with Crippen LogP contribution in [0.5, 0.6) is 0 Å². The quantitative estimate of drug-likeness (QED) is 0.623. The Bertz CT molecular complexity index is 566. The number of carbonyl (C=O) groups is 1. The lowest BCUT2D eigenvalue weighted by Gasteiger charge is -2.12. The van der Waals surface area contributed by atoms with E-state index >= 15 is 0 Å². The maximum atomic E-state index is 11.1.